The monoisotopic (exact) mass is 397 g/mol. The zero-order valence-corrected chi connectivity index (χ0v) is 16.5. The largest absolute Gasteiger partial charge is 0.433 e. The van der Waals surface area contributed by atoms with Crippen molar-refractivity contribution in [1.29, 1.82) is 0 Å². The van der Waals surface area contributed by atoms with Gasteiger partial charge in [0, 0.05) is 0 Å². The van der Waals surface area contributed by atoms with Gasteiger partial charge in [0.15, 0.2) is 0 Å². The summed E-state index contributed by atoms with van der Waals surface area (Å²) < 4.78 is 42.9. The topological polar surface area (TPSA) is 39.2 Å². The first-order valence-electron chi connectivity index (χ1n) is 10.6. The molecular formula is C22H30F3NO2. The van der Waals surface area contributed by atoms with Gasteiger partial charge in [-0.2, -0.15) is 13.2 Å². The number of nitrogens with zero attached hydrogens (tertiary/aromatic N) is 1. The second-order valence-corrected chi connectivity index (χ2v) is 8.48. The van der Waals surface area contributed by atoms with E-state index in [-0.39, 0.29) is 17.6 Å². The SMILES string of the molecule is CCC[C@H]1CC[C@H]([C@H]2CC[C@H](C(=O)Oc3ccc(C(F)(F)F)nc3)CC2)CC1. The van der Waals surface area contributed by atoms with Crippen molar-refractivity contribution in [3.05, 3.63) is 24.0 Å². The van der Waals surface area contributed by atoms with E-state index in [4.69, 9.17) is 4.74 Å². The van der Waals surface area contributed by atoms with E-state index in [1.165, 1.54) is 38.5 Å². The maximum Gasteiger partial charge on any atom is 0.433 e. The van der Waals surface area contributed by atoms with Crippen molar-refractivity contribution in [2.45, 2.75) is 77.3 Å². The Morgan fingerprint density at radius 3 is 2.14 bits per heavy atom. The number of halogens is 3. The molecule has 0 spiro atoms. The van der Waals surface area contributed by atoms with Crippen molar-refractivity contribution >= 4 is 5.97 Å². The molecule has 1 heterocycles. The van der Waals surface area contributed by atoms with Crippen LogP contribution in [-0.4, -0.2) is 11.0 Å². The number of hydrogen-bond donors (Lipinski definition) is 0. The molecule has 0 amide bonds. The third kappa shape index (κ3) is 5.48. The predicted molar refractivity (Wildman–Crippen MR) is 101 cm³/mol. The summed E-state index contributed by atoms with van der Waals surface area (Å²) in [5, 5.41) is 0. The number of aromatic nitrogens is 1. The Balaban J connectivity index is 1.44. The number of hydrogen-bond acceptors (Lipinski definition) is 3. The minimum atomic E-state index is -4.49. The van der Waals surface area contributed by atoms with E-state index >= 15 is 0 Å². The highest BCUT2D eigenvalue weighted by molar-refractivity contribution is 5.75. The highest BCUT2D eigenvalue weighted by Gasteiger charge is 2.34. The molecule has 0 atom stereocenters. The quantitative estimate of drug-likeness (QED) is 0.538. The van der Waals surface area contributed by atoms with Crippen LogP contribution in [0.15, 0.2) is 18.3 Å². The summed E-state index contributed by atoms with van der Waals surface area (Å²) in [6.07, 6.45) is 8.17. The van der Waals surface area contributed by atoms with E-state index in [2.05, 4.69) is 11.9 Å². The molecule has 0 aromatic carbocycles. The lowest BCUT2D eigenvalue weighted by Gasteiger charge is -2.37. The van der Waals surface area contributed by atoms with Crippen LogP contribution in [0.1, 0.15) is 76.8 Å². The maximum absolute atomic E-state index is 12.6. The Morgan fingerprint density at radius 1 is 1.04 bits per heavy atom. The molecule has 0 saturated heterocycles. The lowest BCUT2D eigenvalue weighted by Crippen LogP contribution is -2.30. The van der Waals surface area contributed by atoms with Gasteiger partial charge in [-0.1, -0.05) is 32.6 Å². The summed E-state index contributed by atoms with van der Waals surface area (Å²) in [6, 6.07) is 2.00. The van der Waals surface area contributed by atoms with Gasteiger partial charge in [-0.05, 0) is 68.4 Å². The van der Waals surface area contributed by atoms with Gasteiger partial charge in [-0.25, -0.2) is 4.98 Å². The average Bonchev–Trinajstić information content (AvgIpc) is 2.69. The molecule has 28 heavy (non-hydrogen) atoms. The molecule has 3 nitrogen and oxygen atoms in total. The fourth-order valence-electron chi connectivity index (χ4n) is 4.99. The number of pyridine rings is 1. The molecule has 2 fully saturated rings. The Hall–Kier alpha value is -1.59. The van der Waals surface area contributed by atoms with E-state index in [0.29, 0.717) is 5.92 Å². The highest BCUT2D eigenvalue weighted by Crippen LogP contribution is 2.42. The van der Waals surface area contributed by atoms with Crippen molar-refractivity contribution in [3.63, 3.8) is 0 Å². The van der Waals surface area contributed by atoms with Crippen LogP contribution in [0.4, 0.5) is 13.2 Å². The molecule has 6 heteroatoms. The normalized spacial score (nSPS) is 28.7. The second kappa shape index (κ2) is 9.27. The number of rotatable bonds is 5. The van der Waals surface area contributed by atoms with E-state index in [0.717, 1.165) is 55.8 Å². The number of ether oxygens (including phenoxy) is 1. The van der Waals surface area contributed by atoms with Gasteiger partial charge in [0.1, 0.15) is 11.4 Å². The first-order valence-corrected chi connectivity index (χ1v) is 10.6. The zero-order valence-electron chi connectivity index (χ0n) is 16.5. The standard InChI is InChI=1S/C22H30F3NO2/c1-2-3-15-4-6-16(7-5-15)17-8-10-18(11-9-17)21(27)28-19-12-13-20(26-14-19)22(23,24)25/h12-18H,2-11H2,1H3/t15-,16-,17-,18-. The number of carbonyl (C=O) groups is 1. The number of carbonyl (C=O) groups excluding carboxylic acids is 1. The van der Waals surface area contributed by atoms with Gasteiger partial charge < -0.3 is 4.74 Å². The van der Waals surface area contributed by atoms with Crippen molar-refractivity contribution in [3.8, 4) is 5.75 Å². The van der Waals surface area contributed by atoms with Crippen LogP contribution >= 0.6 is 0 Å². The second-order valence-electron chi connectivity index (χ2n) is 8.48. The molecule has 0 bridgehead atoms. The van der Waals surface area contributed by atoms with Crippen LogP contribution in [0.5, 0.6) is 5.75 Å². The Morgan fingerprint density at radius 2 is 1.64 bits per heavy atom. The molecule has 0 radical (unpaired) electrons. The minimum absolute atomic E-state index is 0.0781. The zero-order chi connectivity index (χ0) is 20.1. The Labute approximate surface area is 165 Å². The molecule has 2 aliphatic rings. The lowest BCUT2D eigenvalue weighted by atomic mass is 9.69. The van der Waals surface area contributed by atoms with Gasteiger partial charge in [-0.15, -0.1) is 0 Å². The van der Waals surface area contributed by atoms with Gasteiger partial charge in [-0.3, -0.25) is 4.79 Å². The van der Waals surface area contributed by atoms with E-state index in [1.807, 2.05) is 0 Å². The highest BCUT2D eigenvalue weighted by atomic mass is 19.4. The predicted octanol–water partition coefficient (Wildman–Crippen LogP) is 6.42. The average molecular weight is 397 g/mol. The van der Waals surface area contributed by atoms with Crippen molar-refractivity contribution < 1.29 is 22.7 Å². The minimum Gasteiger partial charge on any atom is -0.425 e. The fourth-order valence-corrected chi connectivity index (χ4v) is 4.99. The van der Waals surface area contributed by atoms with Crippen LogP contribution in [-0.2, 0) is 11.0 Å². The molecular weight excluding hydrogens is 367 g/mol. The lowest BCUT2D eigenvalue weighted by molar-refractivity contribution is -0.141. The molecule has 2 aliphatic carbocycles. The molecule has 0 unspecified atom stereocenters. The number of alkyl halides is 3. The summed E-state index contributed by atoms with van der Waals surface area (Å²) in [4.78, 5) is 15.7. The van der Waals surface area contributed by atoms with Gasteiger partial charge in [0.2, 0.25) is 0 Å². The third-order valence-corrected chi connectivity index (χ3v) is 6.61. The smallest absolute Gasteiger partial charge is 0.425 e. The van der Waals surface area contributed by atoms with Gasteiger partial charge >= 0.3 is 12.1 Å². The van der Waals surface area contributed by atoms with Crippen molar-refractivity contribution in [2.24, 2.45) is 23.7 Å². The third-order valence-electron chi connectivity index (χ3n) is 6.61. The summed E-state index contributed by atoms with van der Waals surface area (Å²) >= 11 is 0. The first kappa shape index (κ1) is 21.1. The molecule has 1 aromatic heterocycles. The molecule has 1 aromatic rings. The summed E-state index contributed by atoms with van der Waals surface area (Å²) in [6.45, 7) is 2.26. The summed E-state index contributed by atoms with van der Waals surface area (Å²) in [7, 11) is 0. The summed E-state index contributed by atoms with van der Waals surface area (Å²) in [5.74, 6) is 1.99. The van der Waals surface area contributed by atoms with Gasteiger partial charge in [0.05, 0.1) is 12.1 Å². The van der Waals surface area contributed by atoms with Crippen molar-refractivity contribution in [1.82, 2.24) is 4.98 Å². The molecule has 0 aliphatic heterocycles. The Kier molecular flexibility index (Phi) is 7.00. The van der Waals surface area contributed by atoms with Crippen molar-refractivity contribution in [2.75, 3.05) is 0 Å². The Bertz CT molecular complexity index is 628. The molecule has 2 saturated carbocycles. The van der Waals surface area contributed by atoms with Gasteiger partial charge in [0.25, 0.3) is 0 Å². The maximum atomic E-state index is 12.6. The molecule has 156 valence electrons. The fraction of sp³-hybridized carbons (Fsp3) is 0.727. The van der Waals surface area contributed by atoms with Crippen LogP contribution in [0.3, 0.4) is 0 Å². The molecule has 0 N–H and O–H groups in total. The summed E-state index contributed by atoms with van der Waals surface area (Å²) in [5.41, 5.74) is -0.985. The molecule has 3 rings (SSSR count). The number of esters is 1. The van der Waals surface area contributed by atoms with Crippen LogP contribution in [0.25, 0.3) is 0 Å². The van der Waals surface area contributed by atoms with E-state index in [9.17, 15) is 18.0 Å². The first-order chi connectivity index (χ1) is 13.4. The van der Waals surface area contributed by atoms with Crippen LogP contribution in [0.2, 0.25) is 0 Å². The van der Waals surface area contributed by atoms with Crippen LogP contribution < -0.4 is 4.74 Å². The van der Waals surface area contributed by atoms with Crippen LogP contribution in [0, 0.1) is 23.7 Å². The van der Waals surface area contributed by atoms with E-state index < -0.39 is 11.9 Å². The van der Waals surface area contributed by atoms with E-state index in [1.54, 1.807) is 0 Å².